The summed E-state index contributed by atoms with van der Waals surface area (Å²) in [5, 5.41) is 2.83. The molecule has 0 aliphatic heterocycles. The standard InChI is InChI=1S/C10H15F3N4O2S/c1-3-4-14-9-15-5-8(6-16-9)20(18,19)17(2)7-10(11,12)13/h5-6H,3-4,7H2,1-2H3,(H,14,15,16). The number of alkyl halides is 3. The Morgan fingerprint density at radius 3 is 2.30 bits per heavy atom. The van der Waals surface area contributed by atoms with Gasteiger partial charge in [-0.1, -0.05) is 6.92 Å². The van der Waals surface area contributed by atoms with Gasteiger partial charge in [0.1, 0.15) is 11.4 Å². The van der Waals surface area contributed by atoms with E-state index in [1.807, 2.05) is 6.92 Å². The molecule has 114 valence electrons. The number of hydrogen-bond donors (Lipinski definition) is 1. The van der Waals surface area contributed by atoms with Crippen molar-refractivity contribution in [2.45, 2.75) is 24.4 Å². The van der Waals surface area contributed by atoms with Crippen LogP contribution in [0, 0.1) is 0 Å². The fraction of sp³-hybridized carbons (Fsp3) is 0.600. The number of sulfonamides is 1. The highest BCUT2D eigenvalue weighted by Crippen LogP contribution is 2.20. The van der Waals surface area contributed by atoms with E-state index in [1.54, 1.807) is 0 Å². The maximum atomic E-state index is 12.2. The van der Waals surface area contributed by atoms with E-state index >= 15 is 0 Å². The molecule has 1 aromatic rings. The number of nitrogens with one attached hydrogen (secondary N) is 1. The predicted octanol–water partition coefficient (Wildman–Crippen LogP) is 1.48. The van der Waals surface area contributed by atoms with Crippen LogP contribution in [0.15, 0.2) is 17.3 Å². The van der Waals surface area contributed by atoms with Crippen molar-refractivity contribution >= 4 is 16.0 Å². The van der Waals surface area contributed by atoms with Gasteiger partial charge in [0.2, 0.25) is 16.0 Å². The third-order valence-electron chi connectivity index (χ3n) is 2.27. The zero-order chi connectivity index (χ0) is 15.4. The lowest BCUT2D eigenvalue weighted by molar-refractivity contribution is -0.134. The highest BCUT2D eigenvalue weighted by atomic mass is 32.2. The number of nitrogens with zero attached hydrogens (tertiary/aromatic N) is 3. The average molecular weight is 312 g/mol. The summed E-state index contributed by atoms with van der Waals surface area (Å²) < 4.78 is 60.6. The Hall–Kier alpha value is -1.42. The third-order valence-corrected chi connectivity index (χ3v) is 4.03. The normalized spacial score (nSPS) is 12.7. The fourth-order valence-electron chi connectivity index (χ4n) is 1.29. The highest BCUT2D eigenvalue weighted by molar-refractivity contribution is 7.89. The van der Waals surface area contributed by atoms with Crippen molar-refractivity contribution < 1.29 is 21.6 Å². The van der Waals surface area contributed by atoms with Crippen molar-refractivity contribution in [1.29, 1.82) is 0 Å². The summed E-state index contributed by atoms with van der Waals surface area (Å²) in [5.41, 5.74) is 0. The van der Waals surface area contributed by atoms with Crippen LogP contribution < -0.4 is 5.32 Å². The van der Waals surface area contributed by atoms with Crippen LogP contribution in [0.1, 0.15) is 13.3 Å². The van der Waals surface area contributed by atoms with E-state index in [2.05, 4.69) is 15.3 Å². The van der Waals surface area contributed by atoms with Gasteiger partial charge in [-0.25, -0.2) is 18.4 Å². The van der Waals surface area contributed by atoms with Crippen LogP contribution in [-0.4, -0.2) is 49.0 Å². The number of halogens is 3. The summed E-state index contributed by atoms with van der Waals surface area (Å²) in [7, 11) is -3.40. The van der Waals surface area contributed by atoms with Crippen molar-refractivity contribution in [3.63, 3.8) is 0 Å². The van der Waals surface area contributed by atoms with E-state index in [4.69, 9.17) is 0 Å². The van der Waals surface area contributed by atoms with Crippen molar-refractivity contribution in [2.75, 3.05) is 25.5 Å². The number of aromatic nitrogens is 2. The Morgan fingerprint density at radius 2 is 1.85 bits per heavy atom. The Morgan fingerprint density at radius 1 is 1.30 bits per heavy atom. The van der Waals surface area contributed by atoms with Gasteiger partial charge >= 0.3 is 6.18 Å². The quantitative estimate of drug-likeness (QED) is 0.861. The summed E-state index contributed by atoms with van der Waals surface area (Å²) in [6.45, 7) is 0.975. The molecule has 0 spiro atoms. The van der Waals surface area contributed by atoms with Gasteiger partial charge < -0.3 is 5.32 Å². The molecule has 0 aliphatic rings. The molecule has 6 nitrogen and oxygen atoms in total. The molecule has 0 aromatic carbocycles. The second kappa shape index (κ2) is 6.35. The van der Waals surface area contributed by atoms with E-state index in [-0.39, 0.29) is 15.1 Å². The number of anilines is 1. The molecule has 0 fully saturated rings. The molecule has 0 aliphatic carbocycles. The number of rotatable bonds is 6. The summed E-state index contributed by atoms with van der Waals surface area (Å²) in [6, 6.07) is 0. The Balaban J connectivity index is 2.87. The van der Waals surface area contributed by atoms with Gasteiger partial charge in [-0.15, -0.1) is 0 Å². The first-order valence-corrected chi connectivity index (χ1v) is 7.20. The molecule has 0 atom stereocenters. The summed E-state index contributed by atoms with van der Waals surface area (Å²) in [5.74, 6) is 0.226. The average Bonchev–Trinajstić information content (AvgIpc) is 2.34. The summed E-state index contributed by atoms with van der Waals surface area (Å²) >= 11 is 0. The van der Waals surface area contributed by atoms with Gasteiger partial charge in [0.15, 0.2) is 0 Å². The van der Waals surface area contributed by atoms with Gasteiger partial charge in [0, 0.05) is 13.6 Å². The largest absolute Gasteiger partial charge is 0.402 e. The van der Waals surface area contributed by atoms with Crippen LogP contribution in [0.4, 0.5) is 19.1 Å². The zero-order valence-electron chi connectivity index (χ0n) is 11.0. The summed E-state index contributed by atoms with van der Waals surface area (Å²) in [4.78, 5) is 7.12. The van der Waals surface area contributed by atoms with Gasteiger partial charge in [-0.05, 0) is 6.42 Å². The molecule has 0 radical (unpaired) electrons. The third kappa shape index (κ3) is 4.60. The van der Waals surface area contributed by atoms with E-state index in [1.165, 1.54) is 0 Å². The molecule has 0 saturated carbocycles. The predicted molar refractivity (Wildman–Crippen MR) is 66.7 cm³/mol. The first-order chi connectivity index (χ1) is 9.16. The number of hydrogen-bond acceptors (Lipinski definition) is 5. The Kier molecular flexibility index (Phi) is 5.28. The molecule has 1 aromatic heterocycles. The molecular weight excluding hydrogens is 297 g/mol. The van der Waals surface area contributed by atoms with Crippen LogP contribution in [0.25, 0.3) is 0 Å². The SMILES string of the molecule is CCCNc1ncc(S(=O)(=O)N(C)CC(F)(F)F)cn1. The summed E-state index contributed by atoms with van der Waals surface area (Å²) in [6.07, 6.45) is -1.82. The second-order valence-electron chi connectivity index (χ2n) is 4.05. The van der Waals surface area contributed by atoms with Crippen LogP contribution in [0.3, 0.4) is 0 Å². The molecule has 0 bridgehead atoms. The second-order valence-corrected chi connectivity index (χ2v) is 6.09. The first kappa shape index (κ1) is 16.6. The molecule has 1 N–H and O–H groups in total. The lowest BCUT2D eigenvalue weighted by Crippen LogP contribution is -2.35. The molecule has 20 heavy (non-hydrogen) atoms. The van der Waals surface area contributed by atoms with Crippen molar-refractivity contribution in [1.82, 2.24) is 14.3 Å². The minimum atomic E-state index is -4.61. The minimum Gasteiger partial charge on any atom is -0.354 e. The lowest BCUT2D eigenvalue weighted by atomic mass is 10.5. The highest BCUT2D eigenvalue weighted by Gasteiger charge is 2.35. The molecule has 1 heterocycles. The fourth-order valence-corrected chi connectivity index (χ4v) is 2.34. The Labute approximate surface area is 115 Å². The van der Waals surface area contributed by atoms with Gasteiger partial charge in [-0.2, -0.15) is 17.5 Å². The molecule has 1 rings (SSSR count). The van der Waals surface area contributed by atoms with Crippen LogP contribution >= 0.6 is 0 Å². The molecule has 0 unspecified atom stereocenters. The van der Waals surface area contributed by atoms with Gasteiger partial charge in [0.25, 0.3) is 0 Å². The monoisotopic (exact) mass is 312 g/mol. The molecular formula is C10H15F3N4O2S. The van der Waals surface area contributed by atoms with Crippen molar-refractivity contribution in [3.8, 4) is 0 Å². The van der Waals surface area contributed by atoms with E-state index in [9.17, 15) is 21.6 Å². The van der Waals surface area contributed by atoms with Crippen molar-refractivity contribution in [3.05, 3.63) is 12.4 Å². The van der Waals surface area contributed by atoms with Gasteiger partial charge in [-0.3, -0.25) is 0 Å². The van der Waals surface area contributed by atoms with Crippen LogP contribution in [0.2, 0.25) is 0 Å². The van der Waals surface area contributed by atoms with Crippen molar-refractivity contribution in [2.24, 2.45) is 0 Å². The molecule has 10 heteroatoms. The van der Waals surface area contributed by atoms with Gasteiger partial charge in [0.05, 0.1) is 12.4 Å². The lowest BCUT2D eigenvalue weighted by Gasteiger charge is -2.18. The maximum Gasteiger partial charge on any atom is 0.402 e. The van der Waals surface area contributed by atoms with E-state index in [0.29, 0.717) is 6.54 Å². The first-order valence-electron chi connectivity index (χ1n) is 5.76. The smallest absolute Gasteiger partial charge is 0.354 e. The maximum absolute atomic E-state index is 12.2. The van der Waals surface area contributed by atoms with E-state index in [0.717, 1.165) is 25.9 Å². The van der Waals surface area contributed by atoms with Crippen LogP contribution in [-0.2, 0) is 10.0 Å². The zero-order valence-corrected chi connectivity index (χ0v) is 11.8. The Bertz CT molecular complexity index is 530. The van der Waals surface area contributed by atoms with E-state index < -0.39 is 22.7 Å². The van der Waals surface area contributed by atoms with Crippen LogP contribution in [0.5, 0.6) is 0 Å². The topological polar surface area (TPSA) is 75.2 Å². The molecule has 0 saturated heterocycles. The minimum absolute atomic E-state index is 0.213. The molecule has 0 amide bonds.